The zero-order chi connectivity index (χ0) is 15.5. The second-order valence-electron chi connectivity index (χ2n) is 5.76. The highest BCUT2D eigenvalue weighted by atomic mass is 16.5. The van der Waals surface area contributed by atoms with Gasteiger partial charge in [-0.25, -0.2) is 0 Å². The van der Waals surface area contributed by atoms with E-state index in [4.69, 9.17) is 9.84 Å². The molecule has 0 radical (unpaired) electrons. The van der Waals surface area contributed by atoms with Crippen molar-refractivity contribution in [2.24, 2.45) is 10.9 Å². The fourth-order valence-electron chi connectivity index (χ4n) is 2.34. The summed E-state index contributed by atoms with van der Waals surface area (Å²) in [5.41, 5.74) is 0. The normalized spacial score (nSPS) is 19.5. The lowest BCUT2D eigenvalue weighted by Gasteiger charge is -2.32. The maximum Gasteiger partial charge on any atom is 0.191 e. The van der Waals surface area contributed by atoms with Crippen LogP contribution < -0.4 is 10.6 Å². The minimum Gasteiger partial charge on any atom is -0.396 e. The molecule has 124 valence electrons. The monoisotopic (exact) mass is 300 g/mol. The van der Waals surface area contributed by atoms with Crippen LogP contribution in [0.25, 0.3) is 0 Å². The molecule has 1 aliphatic heterocycles. The molecule has 1 unspecified atom stereocenters. The number of nitrogens with zero attached hydrogens (tertiary/aromatic N) is 2. The van der Waals surface area contributed by atoms with Crippen LogP contribution in [0.15, 0.2) is 4.99 Å². The quantitative estimate of drug-likeness (QED) is 0.444. The number of hydrogen-bond acceptors (Lipinski definition) is 4. The number of aliphatic hydroxyl groups is 1. The summed E-state index contributed by atoms with van der Waals surface area (Å²) in [6, 6.07) is 0.478. The minimum absolute atomic E-state index is 0.181. The summed E-state index contributed by atoms with van der Waals surface area (Å²) < 4.78 is 5.13. The third kappa shape index (κ3) is 7.64. The molecule has 1 fully saturated rings. The van der Waals surface area contributed by atoms with E-state index in [1.54, 1.807) is 7.11 Å². The summed E-state index contributed by atoms with van der Waals surface area (Å²) in [5, 5.41) is 15.9. The molecule has 21 heavy (non-hydrogen) atoms. The highest BCUT2D eigenvalue weighted by molar-refractivity contribution is 5.80. The smallest absolute Gasteiger partial charge is 0.191 e. The molecule has 0 saturated carbocycles. The molecular weight excluding hydrogens is 268 g/mol. The van der Waals surface area contributed by atoms with Gasteiger partial charge >= 0.3 is 0 Å². The van der Waals surface area contributed by atoms with Crippen molar-refractivity contribution >= 4 is 5.96 Å². The summed E-state index contributed by atoms with van der Waals surface area (Å²) >= 11 is 0. The zero-order valence-corrected chi connectivity index (χ0v) is 13.8. The lowest BCUT2D eigenvalue weighted by molar-refractivity contribution is 0.128. The fourth-order valence-corrected chi connectivity index (χ4v) is 2.34. The molecule has 0 spiro atoms. The van der Waals surface area contributed by atoms with Gasteiger partial charge in [0.15, 0.2) is 5.96 Å². The lowest BCUT2D eigenvalue weighted by atomic mass is 10.1. The average Bonchev–Trinajstić information content (AvgIpc) is 2.51. The zero-order valence-electron chi connectivity index (χ0n) is 13.8. The van der Waals surface area contributed by atoms with Gasteiger partial charge < -0.3 is 25.4 Å². The molecule has 1 heterocycles. The van der Waals surface area contributed by atoms with Crippen molar-refractivity contribution in [2.45, 2.75) is 32.7 Å². The summed E-state index contributed by atoms with van der Waals surface area (Å²) in [7, 11) is 1.75. The van der Waals surface area contributed by atoms with Crippen LogP contribution >= 0.6 is 0 Å². The predicted molar refractivity (Wildman–Crippen MR) is 86.7 cm³/mol. The number of likely N-dealkylation sites (tertiary alicyclic amines) is 1. The Balaban J connectivity index is 2.35. The van der Waals surface area contributed by atoms with Gasteiger partial charge in [0.25, 0.3) is 0 Å². The number of methoxy groups -OCH3 is 1. The maximum atomic E-state index is 9.07. The molecule has 0 amide bonds. The predicted octanol–water partition coefficient (Wildman–Crippen LogP) is 0.281. The Morgan fingerprint density at radius 3 is 2.71 bits per heavy atom. The van der Waals surface area contributed by atoms with E-state index < -0.39 is 0 Å². The van der Waals surface area contributed by atoms with Crippen molar-refractivity contribution in [3.8, 4) is 0 Å². The van der Waals surface area contributed by atoms with Crippen molar-refractivity contribution in [3.63, 3.8) is 0 Å². The second kappa shape index (κ2) is 10.8. The standard InChI is InChI=1S/C15H32N4O2/c1-4-16-15(17-11-13(2)12-20)18-14-5-7-19(8-6-14)9-10-21-3/h13-14,20H,4-12H2,1-3H3,(H2,16,17,18). The Labute approximate surface area is 129 Å². The first kappa shape index (κ1) is 18.2. The largest absolute Gasteiger partial charge is 0.396 e. The number of ether oxygens (including phenoxy) is 1. The van der Waals surface area contributed by atoms with Crippen LogP contribution in [0, 0.1) is 5.92 Å². The molecule has 0 aliphatic carbocycles. The van der Waals surface area contributed by atoms with E-state index in [-0.39, 0.29) is 12.5 Å². The molecular formula is C15H32N4O2. The molecule has 0 bridgehead atoms. The van der Waals surface area contributed by atoms with Gasteiger partial charge in [-0.1, -0.05) is 6.92 Å². The lowest BCUT2D eigenvalue weighted by Crippen LogP contribution is -2.49. The average molecular weight is 300 g/mol. The van der Waals surface area contributed by atoms with E-state index in [9.17, 15) is 0 Å². The van der Waals surface area contributed by atoms with Gasteiger partial charge in [-0.05, 0) is 25.7 Å². The second-order valence-corrected chi connectivity index (χ2v) is 5.76. The van der Waals surface area contributed by atoms with Gasteiger partial charge in [0.05, 0.1) is 6.61 Å². The molecule has 3 N–H and O–H groups in total. The summed E-state index contributed by atoms with van der Waals surface area (Å²) in [4.78, 5) is 6.99. The molecule has 1 aliphatic rings. The number of nitrogens with one attached hydrogen (secondary N) is 2. The third-order valence-corrected chi connectivity index (χ3v) is 3.76. The van der Waals surface area contributed by atoms with Crippen LogP contribution in [-0.4, -0.2) is 75.1 Å². The number of hydrogen-bond donors (Lipinski definition) is 3. The first-order valence-corrected chi connectivity index (χ1v) is 8.06. The third-order valence-electron chi connectivity index (χ3n) is 3.76. The Hall–Kier alpha value is -0.850. The summed E-state index contributed by atoms with van der Waals surface area (Å²) in [6.07, 6.45) is 2.26. The first-order chi connectivity index (χ1) is 10.2. The number of piperidine rings is 1. The molecule has 1 saturated heterocycles. The van der Waals surface area contributed by atoms with Gasteiger partial charge in [0.2, 0.25) is 0 Å². The van der Waals surface area contributed by atoms with E-state index in [0.717, 1.165) is 51.6 Å². The van der Waals surface area contributed by atoms with Crippen LogP contribution in [0.2, 0.25) is 0 Å². The van der Waals surface area contributed by atoms with Gasteiger partial charge in [-0.2, -0.15) is 0 Å². The SMILES string of the molecule is CCNC(=NCC(C)CO)NC1CCN(CCOC)CC1. The van der Waals surface area contributed by atoms with Crippen LogP contribution in [0.4, 0.5) is 0 Å². The number of guanidine groups is 1. The highest BCUT2D eigenvalue weighted by Gasteiger charge is 2.19. The Kier molecular flexibility index (Phi) is 9.37. The van der Waals surface area contributed by atoms with Crippen molar-refractivity contribution in [1.82, 2.24) is 15.5 Å². The van der Waals surface area contributed by atoms with Crippen molar-refractivity contribution in [2.75, 3.05) is 53.0 Å². The molecule has 6 nitrogen and oxygen atoms in total. The van der Waals surface area contributed by atoms with E-state index >= 15 is 0 Å². The first-order valence-electron chi connectivity index (χ1n) is 8.06. The van der Waals surface area contributed by atoms with Crippen LogP contribution in [0.5, 0.6) is 0 Å². The minimum atomic E-state index is 0.181. The van der Waals surface area contributed by atoms with E-state index in [2.05, 4.69) is 27.4 Å². The van der Waals surface area contributed by atoms with Gasteiger partial charge in [-0.15, -0.1) is 0 Å². The molecule has 0 aromatic heterocycles. The summed E-state index contributed by atoms with van der Waals surface area (Å²) in [6.45, 7) is 9.79. The van der Waals surface area contributed by atoms with Gasteiger partial charge in [-0.3, -0.25) is 4.99 Å². The number of aliphatic imine (C=N–C) groups is 1. The van der Waals surface area contributed by atoms with Crippen LogP contribution in [0.3, 0.4) is 0 Å². The highest BCUT2D eigenvalue weighted by Crippen LogP contribution is 2.09. The maximum absolute atomic E-state index is 9.07. The Morgan fingerprint density at radius 2 is 2.14 bits per heavy atom. The van der Waals surface area contributed by atoms with Gasteiger partial charge in [0.1, 0.15) is 0 Å². The summed E-state index contributed by atoms with van der Waals surface area (Å²) in [5.74, 6) is 1.07. The topological polar surface area (TPSA) is 69.1 Å². The van der Waals surface area contributed by atoms with Crippen LogP contribution in [0.1, 0.15) is 26.7 Å². The van der Waals surface area contributed by atoms with Crippen molar-refractivity contribution in [1.29, 1.82) is 0 Å². The van der Waals surface area contributed by atoms with Crippen LogP contribution in [-0.2, 0) is 4.74 Å². The van der Waals surface area contributed by atoms with E-state index in [0.29, 0.717) is 12.6 Å². The molecule has 0 aromatic rings. The number of aliphatic hydroxyl groups excluding tert-OH is 1. The van der Waals surface area contributed by atoms with Crippen molar-refractivity contribution in [3.05, 3.63) is 0 Å². The molecule has 0 aromatic carbocycles. The number of rotatable bonds is 8. The Bertz CT molecular complexity index is 291. The molecule has 6 heteroatoms. The van der Waals surface area contributed by atoms with E-state index in [1.165, 1.54) is 0 Å². The van der Waals surface area contributed by atoms with Crippen molar-refractivity contribution < 1.29 is 9.84 Å². The van der Waals surface area contributed by atoms with E-state index in [1.807, 2.05) is 6.92 Å². The fraction of sp³-hybridized carbons (Fsp3) is 0.933. The molecule has 1 rings (SSSR count). The Morgan fingerprint density at radius 1 is 1.43 bits per heavy atom. The molecule has 1 atom stereocenters. The van der Waals surface area contributed by atoms with Gasteiger partial charge in [0, 0.05) is 52.5 Å².